The average molecular weight is 424 g/mol. The van der Waals surface area contributed by atoms with Gasteiger partial charge >= 0.3 is 0 Å². The van der Waals surface area contributed by atoms with Crippen LogP contribution in [0.5, 0.6) is 5.75 Å². The topological polar surface area (TPSA) is 79.5 Å². The highest BCUT2D eigenvalue weighted by Gasteiger charge is 2.15. The Hall–Kier alpha value is -3.23. The highest BCUT2D eigenvalue weighted by molar-refractivity contribution is 5.99. The fourth-order valence-corrected chi connectivity index (χ4v) is 3.44. The minimum atomic E-state index is -0.332. The molecule has 3 aromatic rings. The summed E-state index contributed by atoms with van der Waals surface area (Å²) in [4.78, 5) is 15.0. The summed E-state index contributed by atoms with van der Waals surface area (Å²) in [6.45, 7) is 5.23. The van der Waals surface area contributed by atoms with Gasteiger partial charge in [-0.1, -0.05) is 12.1 Å². The van der Waals surface area contributed by atoms with Gasteiger partial charge in [0.15, 0.2) is 0 Å². The van der Waals surface area contributed by atoms with Crippen molar-refractivity contribution in [2.24, 2.45) is 0 Å². The molecule has 0 radical (unpaired) electrons. The molecule has 1 amide bonds. The summed E-state index contributed by atoms with van der Waals surface area (Å²) >= 11 is 0. The molecule has 2 heterocycles. The van der Waals surface area contributed by atoms with Gasteiger partial charge in [-0.15, -0.1) is 0 Å². The van der Waals surface area contributed by atoms with Crippen LogP contribution in [-0.4, -0.2) is 60.5 Å². The Morgan fingerprint density at radius 3 is 2.81 bits per heavy atom. The van der Waals surface area contributed by atoms with E-state index in [0.717, 1.165) is 44.2 Å². The molecule has 0 spiro atoms. The van der Waals surface area contributed by atoms with Gasteiger partial charge in [-0.25, -0.2) is 4.39 Å². The van der Waals surface area contributed by atoms with Crippen molar-refractivity contribution in [3.63, 3.8) is 0 Å². The summed E-state index contributed by atoms with van der Waals surface area (Å²) in [5.74, 6) is 0.184. The predicted molar refractivity (Wildman–Crippen MR) is 114 cm³/mol. The number of ether oxygens (including phenoxy) is 2. The van der Waals surface area contributed by atoms with Crippen LogP contribution in [0.3, 0.4) is 0 Å². The second-order valence-electron chi connectivity index (χ2n) is 7.30. The maximum Gasteiger partial charge on any atom is 0.255 e. The molecular weight excluding hydrogens is 399 g/mol. The summed E-state index contributed by atoms with van der Waals surface area (Å²) in [6.07, 6.45) is 1.47. The Labute approximate surface area is 180 Å². The van der Waals surface area contributed by atoms with Crippen molar-refractivity contribution in [1.29, 1.82) is 0 Å². The summed E-state index contributed by atoms with van der Waals surface area (Å²) in [7, 11) is 0. The fourth-order valence-electron chi connectivity index (χ4n) is 3.44. The van der Waals surface area contributed by atoms with Gasteiger partial charge in [0.25, 0.3) is 5.91 Å². The van der Waals surface area contributed by atoms with Crippen LogP contribution in [-0.2, 0) is 11.3 Å². The lowest BCUT2D eigenvalue weighted by atomic mass is 10.1. The molecule has 1 fully saturated rings. The summed E-state index contributed by atoms with van der Waals surface area (Å²) in [6, 6.07) is 13.6. The molecule has 2 aromatic carbocycles. The zero-order chi connectivity index (χ0) is 21.5. The highest BCUT2D eigenvalue weighted by Crippen LogP contribution is 2.21. The first kappa shape index (κ1) is 21.0. The zero-order valence-electron chi connectivity index (χ0n) is 17.1. The molecule has 0 aliphatic carbocycles. The monoisotopic (exact) mass is 424 g/mol. The number of H-pyrrole nitrogens is 1. The zero-order valence-corrected chi connectivity index (χ0v) is 17.1. The SMILES string of the molecule is O=C(NCc1cccc(OCCN2CCOCC2)c1)c1cn[nH]c1-c1ccc(F)cc1. The van der Waals surface area contributed by atoms with Gasteiger partial charge in [0.05, 0.1) is 30.7 Å². The normalized spacial score (nSPS) is 14.4. The third kappa shape index (κ3) is 5.68. The number of nitrogens with one attached hydrogen (secondary N) is 2. The van der Waals surface area contributed by atoms with E-state index in [1.54, 1.807) is 12.1 Å². The number of hydrogen-bond acceptors (Lipinski definition) is 5. The Morgan fingerprint density at radius 2 is 2.00 bits per heavy atom. The number of carbonyl (C=O) groups excluding carboxylic acids is 1. The van der Waals surface area contributed by atoms with E-state index in [-0.39, 0.29) is 11.7 Å². The molecule has 0 bridgehead atoms. The molecule has 1 saturated heterocycles. The van der Waals surface area contributed by atoms with Crippen molar-refractivity contribution in [2.75, 3.05) is 39.5 Å². The number of hydrogen-bond donors (Lipinski definition) is 2. The molecule has 7 nitrogen and oxygen atoms in total. The van der Waals surface area contributed by atoms with E-state index in [1.807, 2.05) is 24.3 Å². The van der Waals surface area contributed by atoms with E-state index in [4.69, 9.17) is 9.47 Å². The van der Waals surface area contributed by atoms with E-state index in [2.05, 4.69) is 20.4 Å². The third-order valence-corrected chi connectivity index (χ3v) is 5.15. The largest absolute Gasteiger partial charge is 0.492 e. The van der Waals surface area contributed by atoms with E-state index in [1.165, 1.54) is 18.3 Å². The van der Waals surface area contributed by atoms with Crippen LogP contribution in [0, 0.1) is 5.82 Å². The first-order valence-corrected chi connectivity index (χ1v) is 10.3. The van der Waals surface area contributed by atoms with Crippen molar-refractivity contribution in [2.45, 2.75) is 6.54 Å². The van der Waals surface area contributed by atoms with Gasteiger partial charge in [-0.05, 0) is 42.0 Å². The number of nitrogens with zero attached hydrogens (tertiary/aromatic N) is 2. The van der Waals surface area contributed by atoms with Crippen LogP contribution in [0.4, 0.5) is 4.39 Å². The number of rotatable bonds is 8. The Bertz CT molecular complexity index is 1000. The van der Waals surface area contributed by atoms with Crippen molar-refractivity contribution < 1.29 is 18.7 Å². The van der Waals surface area contributed by atoms with Gasteiger partial charge < -0.3 is 14.8 Å². The van der Waals surface area contributed by atoms with Crippen molar-refractivity contribution in [3.8, 4) is 17.0 Å². The highest BCUT2D eigenvalue weighted by atomic mass is 19.1. The van der Waals surface area contributed by atoms with E-state index >= 15 is 0 Å². The van der Waals surface area contributed by atoms with Gasteiger partial charge in [0, 0.05) is 31.7 Å². The minimum absolute atomic E-state index is 0.258. The predicted octanol–water partition coefficient (Wildman–Crippen LogP) is 2.86. The number of amides is 1. The molecule has 8 heteroatoms. The van der Waals surface area contributed by atoms with Gasteiger partial charge in [0.1, 0.15) is 18.2 Å². The van der Waals surface area contributed by atoms with Crippen LogP contribution in [0.1, 0.15) is 15.9 Å². The number of carbonyl (C=O) groups is 1. The van der Waals surface area contributed by atoms with Crippen LogP contribution in [0.2, 0.25) is 0 Å². The molecule has 2 N–H and O–H groups in total. The quantitative estimate of drug-likeness (QED) is 0.581. The van der Waals surface area contributed by atoms with Crippen LogP contribution < -0.4 is 10.1 Å². The number of morpholine rings is 1. The lowest BCUT2D eigenvalue weighted by molar-refractivity contribution is 0.0322. The molecule has 1 aliphatic rings. The van der Waals surface area contributed by atoms with Gasteiger partial charge in [-0.3, -0.25) is 14.8 Å². The third-order valence-electron chi connectivity index (χ3n) is 5.15. The summed E-state index contributed by atoms with van der Waals surface area (Å²) < 4.78 is 24.4. The van der Waals surface area contributed by atoms with E-state index < -0.39 is 0 Å². The molecule has 1 aliphatic heterocycles. The standard InChI is InChI=1S/C23H25FN4O3/c24-19-6-4-18(5-7-19)22-21(16-26-27-22)23(29)25-15-17-2-1-3-20(14-17)31-13-10-28-8-11-30-12-9-28/h1-7,14,16H,8-13,15H2,(H,25,29)(H,26,27). The molecule has 31 heavy (non-hydrogen) atoms. The Kier molecular flexibility index (Phi) is 6.91. The minimum Gasteiger partial charge on any atom is -0.492 e. The Balaban J connectivity index is 1.31. The first-order valence-electron chi connectivity index (χ1n) is 10.3. The van der Waals surface area contributed by atoms with Crippen LogP contribution >= 0.6 is 0 Å². The van der Waals surface area contributed by atoms with Crippen LogP contribution in [0.15, 0.2) is 54.7 Å². The second-order valence-corrected chi connectivity index (χ2v) is 7.30. The van der Waals surface area contributed by atoms with Crippen LogP contribution in [0.25, 0.3) is 11.3 Å². The average Bonchev–Trinajstić information content (AvgIpc) is 3.29. The summed E-state index contributed by atoms with van der Waals surface area (Å²) in [5, 5.41) is 9.69. The second kappa shape index (κ2) is 10.2. The first-order chi connectivity index (χ1) is 15.2. The number of halogens is 1. The number of aromatic amines is 1. The molecule has 0 saturated carbocycles. The molecule has 162 valence electrons. The van der Waals surface area contributed by atoms with Gasteiger partial charge in [0.2, 0.25) is 0 Å². The van der Waals surface area contributed by atoms with Crippen molar-refractivity contribution in [1.82, 2.24) is 20.4 Å². The lowest BCUT2D eigenvalue weighted by Crippen LogP contribution is -2.38. The van der Waals surface area contributed by atoms with Crippen molar-refractivity contribution >= 4 is 5.91 Å². The molecule has 0 atom stereocenters. The smallest absolute Gasteiger partial charge is 0.255 e. The molecule has 4 rings (SSSR count). The summed E-state index contributed by atoms with van der Waals surface area (Å²) in [5.41, 5.74) is 2.59. The van der Waals surface area contributed by atoms with E-state index in [9.17, 15) is 9.18 Å². The molecular formula is C23H25FN4O3. The number of benzene rings is 2. The Morgan fingerprint density at radius 1 is 1.19 bits per heavy atom. The molecule has 0 unspecified atom stereocenters. The maximum absolute atomic E-state index is 13.2. The number of aromatic nitrogens is 2. The molecule has 1 aromatic heterocycles. The fraction of sp³-hybridized carbons (Fsp3) is 0.304. The lowest BCUT2D eigenvalue weighted by Gasteiger charge is -2.26. The van der Waals surface area contributed by atoms with Crippen molar-refractivity contribution in [3.05, 3.63) is 71.7 Å². The van der Waals surface area contributed by atoms with Gasteiger partial charge in [-0.2, -0.15) is 5.10 Å². The maximum atomic E-state index is 13.2. The van der Waals surface area contributed by atoms with E-state index in [0.29, 0.717) is 30.0 Å².